The van der Waals surface area contributed by atoms with Crippen LogP contribution in [0, 0.1) is 5.92 Å². The van der Waals surface area contributed by atoms with Crippen molar-refractivity contribution in [1.29, 1.82) is 0 Å². The number of hydrogen-bond donors (Lipinski definition) is 3. The predicted molar refractivity (Wildman–Crippen MR) is 122 cm³/mol. The van der Waals surface area contributed by atoms with E-state index in [1.807, 2.05) is 32.0 Å². The van der Waals surface area contributed by atoms with Crippen molar-refractivity contribution in [2.24, 2.45) is 5.92 Å². The summed E-state index contributed by atoms with van der Waals surface area (Å²) in [6, 6.07) is 7.52. The van der Waals surface area contributed by atoms with Crippen molar-refractivity contribution >= 4 is 11.8 Å². The van der Waals surface area contributed by atoms with Crippen LogP contribution < -0.4 is 20.7 Å². The molecule has 6 heteroatoms. The third-order valence-corrected chi connectivity index (χ3v) is 4.62. The van der Waals surface area contributed by atoms with E-state index in [1.54, 1.807) is 0 Å². The number of hydrogen-bond acceptors (Lipinski definition) is 4. The summed E-state index contributed by atoms with van der Waals surface area (Å²) in [5.41, 5.74) is 1.95. The quantitative estimate of drug-likeness (QED) is 0.381. The third kappa shape index (κ3) is 10.3. The van der Waals surface area contributed by atoms with Gasteiger partial charge in [0.15, 0.2) is 0 Å². The molecule has 0 radical (unpaired) electrons. The van der Waals surface area contributed by atoms with Crippen molar-refractivity contribution < 1.29 is 14.3 Å². The third-order valence-electron chi connectivity index (χ3n) is 4.62. The van der Waals surface area contributed by atoms with Crippen molar-refractivity contribution in [3.8, 4) is 5.75 Å². The number of nitrogens with one attached hydrogen (secondary N) is 3. The molecule has 0 aliphatic heterocycles. The molecule has 1 aromatic carbocycles. The number of carbonyl (C=O) groups is 2. The maximum Gasteiger partial charge on any atom is 0.242 e. The molecule has 1 unspecified atom stereocenters. The summed E-state index contributed by atoms with van der Waals surface area (Å²) in [6.45, 7) is 13.4. The van der Waals surface area contributed by atoms with E-state index >= 15 is 0 Å². The van der Waals surface area contributed by atoms with Crippen LogP contribution in [0.15, 0.2) is 36.5 Å². The maximum atomic E-state index is 12.5. The summed E-state index contributed by atoms with van der Waals surface area (Å²) in [4.78, 5) is 24.6. The van der Waals surface area contributed by atoms with E-state index in [1.165, 1.54) is 0 Å². The first-order valence-electron chi connectivity index (χ1n) is 11.1. The number of carbonyl (C=O) groups excluding carboxylic acids is 2. The lowest BCUT2D eigenvalue weighted by molar-refractivity contribution is -0.128. The van der Waals surface area contributed by atoms with E-state index in [0.29, 0.717) is 25.5 Å². The maximum absolute atomic E-state index is 12.5. The average Bonchev–Trinajstić information content (AvgIpc) is 2.73. The Bertz CT molecular complexity index is 673. The highest BCUT2D eigenvalue weighted by atomic mass is 16.5. The topological polar surface area (TPSA) is 79.5 Å². The summed E-state index contributed by atoms with van der Waals surface area (Å²) >= 11 is 0. The first kappa shape index (κ1) is 25.5. The highest BCUT2D eigenvalue weighted by Crippen LogP contribution is 2.20. The van der Waals surface area contributed by atoms with Gasteiger partial charge in [0.05, 0.1) is 13.2 Å². The van der Waals surface area contributed by atoms with E-state index < -0.39 is 6.04 Å². The number of amides is 2. The van der Waals surface area contributed by atoms with Gasteiger partial charge in [-0.1, -0.05) is 58.9 Å². The van der Waals surface area contributed by atoms with Gasteiger partial charge in [0.25, 0.3) is 0 Å². The summed E-state index contributed by atoms with van der Waals surface area (Å²) < 4.78 is 5.89. The fourth-order valence-electron chi connectivity index (χ4n) is 2.85. The molecule has 0 fully saturated rings. The number of benzene rings is 1. The molecular formula is C24H39N3O3. The second-order valence-corrected chi connectivity index (χ2v) is 7.93. The van der Waals surface area contributed by atoms with Crippen LogP contribution in [0.5, 0.6) is 5.75 Å². The van der Waals surface area contributed by atoms with E-state index in [9.17, 15) is 9.59 Å². The first-order chi connectivity index (χ1) is 14.4. The van der Waals surface area contributed by atoms with Gasteiger partial charge in [-0.05, 0) is 43.2 Å². The Labute approximate surface area is 181 Å². The molecule has 0 aromatic heterocycles. The largest absolute Gasteiger partial charge is 0.493 e. The monoisotopic (exact) mass is 417 g/mol. The molecule has 1 rings (SSSR count). The molecule has 0 heterocycles. The van der Waals surface area contributed by atoms with Crippen molar-refractivity contribution in [2.75, 3.05) is 19.7 Å². The molecule has 2 amide bonds. The molecule has 6 nitrogen and oxygen atoms in total. The fourth-order valence-corrected chi connectivity index (χ4v) is 2.85. The summed E-state index contributed by atoms with van der Waals surface area (Å²) in [7, 11) is 0. The number of allylic oxidation sites excluding steroid dienone is 1. The second kappa shape index (κ2) is 14.5. The molecule has 0 saturated carbocycles. The van der Waals surface area contributed by atoms with Crippen molar-refractivity contribution in [1.82, 2.24) is 16.0 Å². The normalized spacial score (nSPS) is 11.6. The highest BCUT2D eigenvalue weighted by molar-refractivity contribution is 5.88. The molecule has 1 atom stereocenters. The lowest BCUT2D eigenvalue weighted by atomic mass is 10.1. The van der Waals surface area contributed by atoms with E-state index in [4.69, 9.17) is 4.74 Å². The van der Waals surface area contributed by atoms with E-state index in [-0.39, 0.29) is 18.4 Å². The summed E-state index contributed by atoms with van der Waals surface area (Å²) in [5, 5.41) is 8.74. The van der Waals surface area contributed by atoms with Gasteiger partial charge in [0, 0.05) is 12.2 Å². The zero-order valence-electron chi connectivity index (χ0n) is 19.1. The zero-order valence-corrected chi connectivity index (χ0v) is 19.1. The molecular weight excluding hydrogens is 378 g/mol. The Morgan fingerprint density at radius 2 is 1.87 bits per heavy atom. The Morgan fingerprint density at radius 3 is 2.53 bits per heavy atom. The SMILES string of the molecule is C=C(CC)NCC(=O)NC(CCC)C(=O)NCCCc1ccccc1OCC(C)C. The van der Waals surface area contributed by atoms with Crippen LogP contribution in [0.2, 0.25) is 0 Å². The number of para-hydroxylation sites is 1. The molecule has 0 aliphatic rings. The Hall–Kier alpha value is -2.50. The molecule has 0 saturated heterocycles. The van der Waals surface area contributed by atoms with Crippen LogP contribution in [0.1, 0.15) is 58.9 Å². The fraction of sp³-hybridized carbons (Fsp3) is 0.583. The molecule has 168 valence electrons. The minimum Gasteiger partial charge on any atom is -0.493 e. The molecule has 30 heavy (non-hydrogen) atoms. The van der Waals surface area contributed by atoms with Crippen molar-refractivity contribution in [3.63, 3.8) is 0 Å². The van der Waals surface area contributed by atoms with Crippen LogP contribution in [0.3, 0.4) is 0 Å². The Kier molecular flexibility index (Phi) is 12.3. The van der Waals surface area contributed by atoms with Crippen LogP contribution in [-0.2, 0) is 16.0 Å². The number of aryl methyl sites for hydroxylation is 1. The van der Waals surface area contributed by atoms with Gasteiger partial charge in [-0.15, -0.1) is 0 Å². The second-order valence-electron chi connectivity index (χ2n) is 7.93. The van der Waals surface area contributed by atoms with Gasteiger partial charge in [0.2, 0.25) is 11.8 Å². The first-order valence-corrected chi connectivity index (χ1v) is 11.1. The predicted octanol–water partition coefficient (Wildman–Crippen LogP) is 3.57. The lowest BCUT2D eigenvalue weighted by Crippen LogP contribution is -2.49. The minimum atomic E-state index is -0.513. The van der Waals surface area contributed by atoms with Crippen molar-refractivity contribution in [3.05, 3.63) is 42.1 Å². The van der Waals surface area contributed by atoms with Crippen LogP contribution in [0.25, 0.3) is 0 Å². The summed E-state index contributed by atoms with van der Waals surface area (Å²) in [5.74, 6) is 1.05. The molecule has 0 bridgehead atoms. The lowest BCUT2D eigenvalue weighted by Gasteiger charge is -2.18. The highest BCUT2D eigenvalue weighted by Gasteiger charge is 2.19. The minimum absolute atomic E-state index is 0.132. The van der Waals surface area contributed by atoms with Gasteiger partial charge in [-0.25, -0.2) is 0 Å². The van der Waals surface area contributed by atoms with Crippen LogP contribution in [0.4, 0.5) is 0 Å². The number of rotatable bonds is 15. The van der Waals surface area contributed by atoms with Gasteiger partial charge >= 0.3 is 0 Å². The molecule has 3 N–H and O–H groups in total. The zero-order chi connectivity index (χ0) is 22.4. The average molecular weight is 418 g/mol. The Balaban J connectivity index is 2.45. The van der Waals surface area contributed by atoms with Gasteiger partial charge < -0.3 is 20.7 Å². The molecule has 0 spiro atoms. The van der Waals surface area contributed by atoms with Gasteiger partial charge in [0.1, 0.15) is 11.8 Å². The smallest absolute Gasteiger partial charge is 0.242 e. The van der Waals surface area contributed by atoms with Gasteiger partial charge in [-0.2, -0.15) is 0 Å². The van der Waals surface area contributed by atoms with E-state index in [2.05, 4.69) is 42.4 Å². The molecule has 1 aromatic rings. The van der Waals surface area contributed by atoms with Crippen LogP contribution in [-0.4, -0.2) is 37.6 Å². The standard InChI is InChI=1S/C24H39N3O3/c1-6-11-21(27-23(28)16-26-19(5)7-2)24(29)25-15-10-13-20-12-8-9-14-22(20)30-17-18(3)4/h8-9,12,14,18,21,26H,5-7,10-11,13,15-17H2,1-4H3,(H,25,29)(H,27,28). The number of ether oxygens (including phenoxy) is 1. The van der Waals surface area contributed by atoms with Crippen LogP contribution >= 0.6 is 0 Å². The summed E-state index contributed by atoms with van der Waals surface area (Å²) in [6.07, 6.45) is 3.81. The molecule has 0 aliphatic carbocycles. The van der Waals surface area contributed by atoms with Crippen molar-refractivity contribution in [2.45, 2.75) is 65.8 Å². The van der Waals surface area contributed by atoms with Gasteiger partial charge in [-0.3, -0.25) is 9.59 Å². The Morgan fingerprint density at radius 1 is 1.13 bits per heavy atom. The van der Waals surface area contributed by atoms with E-state index in [0.717, 1.165) is 42.7 Å².